The molecule has 1 aromatic rings. The molecule has 0 radical (unpaired) electrons. The van der Waals surface area contributed by atoms with Crippen LogP contribution in [0.1, 0.15) is 58.6 Å². The molecule has 0 aliphatic carbocycles. The van der Waals surface area contributed by atoms with Crippen LogP contribution in [0.25, 0.3) is 0 Å². The third kappa shape index (κ3) is 4.81. The molecule has 0 aromatic heterocycles. The average Bonchev–Trinajstić information content (AvgIpc) is 2.35. The van der Waals surface area contributed by atoms with Crippen LogP contribution in [0.3, 0.4) is 0 Å². The molecular formula is C16H26BrNO. The molecule has 19 heavy (non-hydrogen) atoms. The van der Waals surface area contributed by atoms with E-state index in [9.17, 15) is 5.11 Å². The molecular weight excluding hydrogens is 302 g/mol. The number of unbranched alkanes of at least 4 members (excludes halogenated alkanes) is 2. The smallest absolute Gasteiger partial charge is 0.0782 e. The summed E-state index contributed by atoms with van der Waals surface area (Å²) in [6.07, 6.45) is 3.24. The molecule has 0 saturated carbocycles. The number of anilines is 1. The number of aliphatic hydroxyl groups excluding tert-OH is 1. The number of aliphatic hydroxyl groups is 1. The molecule has 0 fully saturated rings. The van der Waals surface area contributed by atoms with Crippen LogP contribution in [0.5, 0.6) is 0 Å². The Bertz CT molecular complexity index is 390. The zero-order chi connectivity index (χ0) is 14.4. The van der Waals surface area contributed by atoms with E-state index in [1.807, 2.05) is 13.0 Å². The zero-order valence-corrected chi connectivity index (χ0v) is 14.1. The second-order valence-electron chi connectivity index (χ2n) is 5.37. The molecule has 0 amide bonds. The molecule has 1 atom stereocenters. The highest BCUT2D eigenvalue weighted by molar-refractivity contribution is 9.10. The fourth-order valence-electron chi connectivity index (χ4n) is 2.31. The van der Waals surface area contributed by atoms with Crippen molar-refractivity contribution in [1.29, 1.82) is 0 Å². The Morgan fingerprint density at radius 3 is 2.42 bits per heavy atom. The van der Waals surface area contributed by atoms with Gasteiger partial charge in [-0.1, -0.05) is 35.7 Å². The van der Waals surface area contributed by atoms with E-state index in [1.54, 1.807) is 0 Å². The molecule has 108 valence electrons. The number of halogens is 1. The molecule has 0 aliphatic rings. The Hall–Kier alpha value is -0.540. The van der Waals surface area contributed by atoms with Crippen molar-refractivity contribution in [1.82, 2.24) is 0 Å². The summed E-state index contributed by atoms with van der Waals surface area (Å²) in [6, 6.07) is 6.62. The van der Waals surface area contributed by atoms with Crippen molar-refractivity contribution in [3.8, 4) is 0 Å². The van der Waals surface area contributed by atoms with E-state index in [0.717, 1.165) is 22.3 Å². The highest BCUT2D eigenvalue weighted by atomic mass is 79.9. The van der Waals surface area contributed by atoms with Gasteiger partial charge in [-0.15, -0.1) is 0 Å². The van der Waals surface area contributed by atoms with Gasteiger partial charge in [-0.2, -0.15) is 0 Å². The van der Waals surface area contributed by atoms with Crippen LogP contribution in [-0.4, -0.2) is 17.7 Å². The predicted octanol–water partition coefficient (Wildman–Crippen LogP) is 4.91. The van der Waals surface area contributed by atoms with Crippen molar-refractivity contribution in [3.63, 3.8) is 0 Å². The molecule has 0 spiro atoms. The standard InChI is InChI=1S/C16H26BrNO/c1-5-6-7-10-18(12(2)3)16-9-8-14(17)11-15(16)13(4)19/h8-9,11-13,19H,5-7,10H2,1-4H3. The number of benzene rings is 1. The van der Waals surface area contributed by atoms with Gasteiger partial charge >= 0.3 is 0 Å². The van der Waals surface area contributed by atoms with Crippen molar-refractivity contribution >= 4 is 21.6 Å². The van der Waals surface area contributed by atoms with Crippen LogP contribution in [0, 0.1) is 0 Å². The van der Waals surface area contributed by atoms with E-state index >= 15 is 0 Å². The number of hydrogen-bond donors (Lipinski definition) is 1. The molecule has 3 heteroatoms. The first-order valence-corrected chi connectivity index (χ1v) is 8.00. The highest BCUT2D eigenvalue weighted by Crippen LogP contribution is 2.31. The fraction of sp³-hybridized carbons (Fsp3) is 0.625. The number of rotatable bonds is 7. The summed E-state index contributed by atoms with van der Waals surface area (Å²) in [6.45, 7) is 9.52. The van der Waals surface area contributed by atoms with Gasteiger partial charge in [-0.05, 0) is 45.4 Å². The Morgan fingerprint density at radius 1 is 1.21 bits per heavy atom. The van der Waals surface area contributed by atoms with E-state index in [-0.39, 0.29) is 0 Å². The lowest BCUT2D eigenvalue weighted by atomic mass is 10.1. The van der Waals surface area contributed by atoms with Gasteiger partial charge in [-0.25, -0.2) is 0 Å². The van der Waals surface area contributed by atoms with Gasteiger partial charge in [-0.3, -0.25) is 0 Å². The highest BCUT2D eigenvalue weighted by Gasteiger charge is 2.17. The van der Waals surface area contributed by atoms with Gasteiger partial charge in [0, 0.05) is 28.3 Å². The SMILES string of the molecule is CCCCCN(c1ccc(Br)cc1C(C)O)C(C)C. The van der Waals surface area contributed by atoms with Gasteiger partial charge < -0.3 is 10.0 Å². The molecule has 1 unspecified atom stereocenters. The minimum atomic E-state index is -0.445. The topological polar surface area (TPSA) is 23.5 Å². The summed E-state index contributed by atoms with van der Waals surface area (Å²) in [4.78, 5) is 2.39. The Morgan fingerprint density at radius 2 is 1.89 bits per heavy atom. The van der Waals surface area contributed by atoms with Gasteiger partial charge in [0.25, 0.3) is 0 Å². The average molecular weight is 328 g/mol. The van der Waals surface area contributed by atoms with E-state index in [2.05, 4.69) is 53.7 Å². The van der Waals surface area contributed by atoms with Crippen molar-refractivity contribution in [3.05, 3.63) is 28.2 Å². The molecule has 1 N–H and O–H groups in total. The van der Waals surface area contributed by atoms with Crippen LogP contribution in [-0.2, 0) is 0 Å². The lowest BCUT2D eigenvalue weighted by molar-refractivity contribution is 0.199. The van der Waals surface area contributed by atoms with Gasteiger partial charge in [0.2, 0.25) is 0 Å². The van der Waals surface area contributed by atoms with Crippen LogP contribution < -0.4 is 4.90 Å². The molecule has 2 nitrogen and oxygen atoms in total. The lowest BCUT2D eigenvalue weighted by Gasteiger charge is -2.32. The van der Waals surface area contributed by atoms with Crippen LogP contribution in [0.2, 0.25) is 0 Å². The Kier molecular flexibility index (Phi) is 6.87. The minimum Gasteiger partial charge on any atom is -0.389 e. The zero-order valence-electron chi connectivity index (χ0n) is 12.5. The number of nitrogens with zero attached hydrogens (tertiary/aromatic N) is 1. The maximum Gasteiger partial charge on any atom is 0.0782 e. The summed E-state index contributed by atoms with van der Waals surface area (Å²) in [5.74, 6) is 0. The minimum absolute atomic E-state index is 0.440. The molecule has 1 aromatic carbocycles. The largest absolute Gasteiger partial charge is 0.389 e. The lowest BCUT2D eigenvalue weighted by Crippen LogP contribution is -2.32. The number of hydrogen-bond acceptors (Lipinski definition) is 2. The van der Waals surface area contributed by atoms with E-state index < -0.39 is 6.10 Å². The summed E-state index contributed by atoms with van der Waals surface area (Å²) in [7, 11) is 0. The Balaban J connectivity index is 3.01. The first kappa shape index (κ1) is 16.5. The maximum absolute atomic E-state index is 9.98. The molecule has 0 saturated heterocycles. The second-order valence-corrected chi connectivity index (χ2v) is 6.29. The molecule has 0 heterocycles. The predicted molar refractivity (Wildman–Crippen MR) is 86.8 cm³/mol. The van der Waals surface area contributed by atoms with Gasteiger partial charge in [0.15, 0.2) is 0 Å². The first-order valence-electron chi connectivity index (χ1n) is 7.21. The van der Waals surface area contributed by atoms with Gasteiger partial charge in [0.05, 0.1) is 6.10 Å². The van der Waals surface area contributed by atoms with E-state index in [4.69, 9.17) is 0 Å². The summed E-state index contributed by atoms with van der Waals surface area (Å²) >= 11 is 3.48. The fourth-order valence-corrected chi connectivity index (χ4v) is 2.69. The summed E-state index contributed by atoms with van der Waals surface area (Å²) in [5.41, 5.74) is 2.16. The van der Waals surface area contributed by atoms with Crippen LogP contribution >= 0.6 is 15.9 Å². The van der Waals surface area contributed by atoms with Crippen molar-refractivity contribution in [2.24, 2.45) is 0 Å². The second kappa shape index (κ2) is 7.91. The third-order valence-corrected chi connectivity index (χ3v) is 3.87. The molecule has 0 bridgehead atoms. The Labute approximate surface area is 126 Å². The summed E-state index contributed by atoms with van der Waals surface area (Å²) in [5, 5.41) is 9.98. The van der Waals surface area contributed by atoms with E-state index in [1.165, 1.54) is 19.3 Å². The van der Waals surface area contributed by atoms with Crippen molar-refractivity contribution in [2.45, 2.75) is 59.1 Å². The normalized spacial score (nSPS) is 12.8. The van der Waals surface area contributed by atoms with Gasteiger partial charge in [0.1, 0.15) is 0 Å². The first-order chi connectivity index (χ1) is 8.97. The van der Waals surface area contributed by atoms with E-state index in [0.29, 0.717) is 6.04 Å². The summed E-state index contributed by atoms with van der Waals surface area (Å²) < 4.78 is 1.02. The quantitative estimate of drug-likeness (QED) is 0.719. The van der Waals surface area contributed by atoms with Crippen molar-refractivity contribution < 1.29 is 5.11 Å². The maximum atomic E-state index is 9.98. The molecule has 0 aliphatic heterocycles. The van der Waals surface area contributed by atoms with Crippen LogP contribution in [0.4, 0.5) is 5.69 Å². The monoisotopic (exact) mass is 327 g/mol. The van der Waals surface area contributed by atoms with Crippen molar-refractivity contribution in [2.75, 3.05) is 11.4 Å². The molecule has 1 rings (SSSR count). The van der Waals surface area contributed by atoms with Crippen LogP contribution in [0.15, 0.2) is 22.7 Å². The third-order valence-electron chi connectivity index (χ3n) is 3.38.